The van der Waals surface area contributed by atoms with E-state index in [4.69, 9.17) is 23.2 Å². The van der Waals surface area contributed by atoms with Crippen LogP contribution in [-0.4, -0.2) is 38.5 Å². The van der Waals surface area contributed by atoms with Crippen molar-refractivity contribution < 1.29 is 23.1 Å². The Morgan fingerprint density at radius 3 is 2.43 bits per heavy atom. The number of aromatic carboxylic acids is 1. The number of carbonyl (C=O) groups is 1. The first-order valence-corrected chi connectivity index (χ1v) is 12.2. The van der Waals surface area contributed by atoms with Crippen LogP contribution >= 0.6 is 23.2 Å². The standard InChI is InChI=1S/C24H24Cl2F3N5O3/c1-12(30-15-4-5-16(26)31-18(15)22(36)37)14-10-13(25)11-34-19(14)32-20(17(21(34)35)24(27,28)29)33-8-6-23(2,3)7-9-33/h4-5,10-12,30H,6-9H2,1-3H3,(H,36,37)/t12-/m1/s1. The molecule has 3 aromatic heterocycles. The number of halogens is 5. The minimum Gasteiger partial charge on any atom is -0.476 e. The van der Waals surface area contributed by atoms with Gasteiger partial charge in [0.25, 0.3) is 5.56 Å². The maximum absolute atomic E-state index is 14.1. The van der Waals surface area contributed by atoms with Gasteiger partial charge in [-0.05, 0) is 43.4 Å². The average Bonchev–Trinajstić information content (AvgIpc) is 2.79. The van der Waals surface area contributed by atoms with Crippen molar-refractivity contribution >= 4 is 46.3 Å². The number of hydrogen-bond acceptors (Lipinski definition) is 6. The Balaban J connectivity index is 1.88. The van der Waals surface area contributed by atoms with Crippen LogP contribution < -0.4 is 15.8 Å². The van der Waals surface area contributed by atoms with E-state index in [0.717, 1.165) is 10.6 Å². The third-order valence-corrected chi connectivity index (χ3v) is 6.92. The van der Waals surface area contributed by atoms with Gasteiger partial charge in [0, 0.05) is 24.8 Å². The van der Waals surface area contributed by atoms with Crippen LogP contribution in [0.1, 0.15) is 61.3 Å². The molecule has 1 saturated heterocycles. The first-order valence-electron chi connectivity index (χ1n) is 11.4. The molecular weight excluding hydrogens is 534 g/mol. The molecular formula is C24H24Cl2F3N5O3. The molecule has 198 valence electrons. The van der Waals surface area contributed by atoms with Gasteiger partial charge in [-0.3, -0.25) is 9.20 Å². The van der Waals surface area contributed by atoms with E-state index < -0.39 is 35.1 Å². The van der Waals surface area contributed by atoms with Crippen LogP contribution in [0.2, 0.25) is 10.2 Å². The van der Waals surface area contributed by atoms with Crippen LogP contribution in [-0.2, 0) is 6.18 Å². The van der Waals surface area contributed by atoms with Crippen LogP contribution in [0.25, 0.3) is 5.65 Å². The number of nitrogens with one attached hydrogen (secondary N) is 1. The number of piperidine rings is 1. The summed E-state index contributed by atoms with van der Waals surface area (Å²) in [5.74, 6) is -1.75. The molecule has 4 rings (SSSR count). The summed E-state index contributed by atoms with van der Waals surface area (Å²) in [7, 11) is 0. The lowest BCUT2D eigenvalue weighted by Gasteiger charge is -2.38. The van der Waals surface area contributed by atoms with Gasteiger partial charge in [-0.2, -0.15) is 13.2 Å². The molecule has 13 heteroatoms. The largest absolute Gasteiger partial charge is 0.476 e. The van der Waals surface area contributed by atoms with Crippen LogP contribution in [0.15, 0.2) is 29.2 Å². The quantitative estimate of drug-likeness (QED) is 0.376. The van der Waals surface area contributed by atoms with E-state index in [9.17, 15) is 27.9 Å². The monoisotopic (exact) mass is 557 g/mol. The highest BCUT2D eigenvalue weighted by Gasteiger charge is 2.41. The van der Waals surface area contributed by atoms with Gasteiger partial charge in [-0.1, -0.05) is 37.0 Å². The van der Waals surface area contributed by atoms with Crippen molar-refractivity contribution in [3.05, 3.63) is 61.7 Å². The Hall–Kier alpha value is -3.05. The minimum atomic E-state index is -4.94. The van der Waals surface area contributed by atoms with E-state index in [2.05, 4.69) is 15.3 Å². The van der Waals surface area contributed by atoms with Gasteiger partial charge >= 0.3 is 12.1 Å². The van der Waals surface area contributed by atoms with Gasteiger partial charge in [0.2, 0.25) is 0 Å². The van der Waals surface area contributed by atoms with Gasteiger partial charge in [-0.25, -0.2) is 14.8 Å². The Morgan fingerprint density at radius 2 is 1.84 bits per heavy atom. The first-order chi connectivity index (χ1) is 17.2. The number of alkyl halides is 3. The fraction of sp³-hybridized carbons (Fsp3) is 0.417. The van der Waals surface area contributed by atoms with E-state index in [1.165, 1.54) is 23.1 Å². The maximum atomic E-state index is 14.1. The van der Waals surface area contributed by atoms with Crippen LogP contribution in [0.3, 0.4) is 0 Å². The SMILES string of the molecule is C[C@@H](Nc1ccc(Cl)nc1C(=O)O)c1cc(Cl)cn2c(=O)c(C(F)(F)F)c(N3CCC(C)(C)CC3)nc12. The number of nitrogens with zero attached hydrogens (tertiary/aromatic N) is 4. The van der Waals surface area contributed by atoms with Crippen molar-refractivity contribution in [3.63, 3.8) is 0 Å². The minimum absolute atomic E-state index is 0.00772. The van der Waals surface area contributed by atoms with Gasteiger partial charge in [0.05, 0.1) is 16.8 Å². The molecule has 0 spiro atoms. The lowest BCUT2D eigenvalue weighted by atomic mass is 9.82. The molecule has 4 heterocycles. The number of anilines is 2. The average molecular weight is 558 g/mol. The molecule has 0 unspecified atom stereocenters. The fourth-order valence-corrected chi connectivity index (χ4v) is 4.73. The van der Waals surface area contributed by atoms with Crippen molar-refractivity contribution in [2.45, 2.75) is 45.8 Å². The third kappa shape index (κ3) is 5.47. The molecule has 3 aromatic rings. The number of carboxylic acid groups (broad SMARTS) is 1. The lowest BCUT2D eigenvalue weighted by Crippen LogP contribution is -2.41. The summed E-state index contributed by atoms with van der Waals surface area (Å²) in [6.07, 6.45) is -2.57. The smallest absolute Gasteiger partial charge is 0.425 e. The molecule has 0 radical (unpaired) electrons. The highest BCUT2D eigenvalue weighted by molar-refractivity contribution is 6.30. The van der Waals surface area contributed by atoms with E-state index in [1.807, 2.05) is 13.8 Å². The maximum Gasteiger partial charge on any atom is 0.425 e. The number of aromatic nitrogens is 3. The molecule has 0 aliphatic carbocycles. The highest BCUT2D eigenvalue weighted by atomic mass is 35.5. The zero-order valence-electron chi connectivity index (χ0n) is 20.2. The van der Waals surface area contributed by atoms with Gasteiger partial charge in [0.15, 0.2) is 11.3 Å². The molecule has 0 saturated carbocycles. The second-order valence-corrected chi connectivity index (χ2v) is 10.6. The molecule has 1 aliphatic rings. The first kappa shape index (κ1) is 27.0. The summed E-state index contributed by atoms with van der Waals surface area (Å²) in [5.41, 5.74) is -2.63. The molecule has 37 heavy (non-hydrogen) atoms. The summed E-state index contributed by atoms with van der Waals surface area (Å²) in [5, 5.41) is 12.5. The van der Waals surface area contributed by atoms with Crippen molar-refractivity contribution in [3.8, 4) is 0 Å². The molecule has 1 fully saturated rings. The third-order valence-electron chi connectivity index (χ3n) is 6.50. The molecule has 8 nitrogen and oxygen atoms in total. The molecule has 0 amide bonds. The molecule has 0 bridgehead atoms. The van der Waals surface area contributed by atoms with Crippen molar-refractivity contribution in [1.29, 1.82) is 0 Å². The summed E-state index contributed by atoms with van der Waals surface area (Å²) in [6, 6.07) is 3.56. The van der Waals surface area contributed by atoms with Crippen LogP contribution in [0.5, 0.6) is 0 Å². The summed E-state index contributed by atoms with van der Waals surface area (Å²) in [4.78, 5) is 34.6. The molecule has 0 aromatic carbocycles. The number of fused-ring (bicyclic) bond motifs is 1. The predicted octanol–water partition coefficient (Wildman–Crippen LogP) is 5.91. The van der Waals surface area contributed by atoms with E-state index in [1.54, 1.807) is 6.92 Å². The van der Waals surface area contributed by atoms with E-state index >= 15 is 0 Å². The van der Waals surface area contributed by atoms with Gasteiger partial charge in [0.1, 0.15) is 16.6 Å². The summed E-state index contributed by atoms with van der Waals surface area (Å²) >= 11 is 12.0. The van der Waals surface area contributed by atoms with Gasteiger partial charge in [-0.15, -0.1) is 0 Å². The Morgan fingerprint density at radius 1 is 1.19 bits per heavy atom. The zero-order valence-corrected chi connectivity index (χ0v) is 21.7. The van der Waals surface area contributed by atoms with Gasteiger partial charge < -0.3 is 15.3 Å². The summed E-state index contributed by atoms with van der Waals surface area (Å²) < 4.78 is 43.2. The van der Waals surface area contributed by atoms with Crippen LogP contribution in [0, 0.1) is 5.41 Å². The molecule has 1 atom stereocenters. The zero-order chi connectivity index (χ0) is 27.3. The second kappa shape index (κ2) is 9.68. The van der Waals surface area contributed by atoms with E-state index in [-0.39, 0.29) is 32.6 Å². The number of pyridine rings is 2. The van der Waals surface area contributed by atoms with E-state index in [0.29, 0.717) is 31.5 Å². The topological polar surface area (TPSA) is 99.8 Å². The molecule has 1 aliphatic heterocycles. The Bertz CT molecular complexity index is 1430. The predicted molar refractivity (Wildman–Crippen MR) is 135 cm³/mol. The lowest BCUT2D eigenvalue weighted by molar-refractivity contribution is -0.138. The highest BCUT2D eigenvalue weighted by Crippen LogP contribution is 2.38. The van der Waals surface area contributed by atoms with Crippen LogP contribution in [0.4, 0.5) is 24.7 Å². The Labute approximate surface area is 220 Å². The normalized spacial score (nSPS) is 16.6. The van der Waals surface area contributed by atoms with Crippen molar-refractivity contribution in [1.82, 2.24) is 14.4 Å². The summed E-state index contributed by atoms with van der Waals surface area (Å²) in [6.45, 7) is 6.35. The van der Waals surface area contributed by atoms with Crippen molar-refractivity contribution in [2.75, 3.05) is 23.3 Å². The molecule has 2 N–H and O–H groups in total. The second-order valence-electron chi connectivity index (χ2n) is 9.77. The Kier molecular flexibility index (Phi) is 7.06. The fourth-order valence-electron chi connectivity index (χ4n) is 4.36. The number of carboxylic acids is 1. The number of rotatable bonds is 5. The van der Waals surface area contributed by atoms with Crippen molar-refractivity contribution in [2.24, 2.45) is 5.41 Å². The number of hydrogen-bond donors (Lipinski definition) is 2.